The van der Waals surface area contributed by atoms with Gasteiger partial charge in [-0.05, 0) is 42.3 Å². The van der Waals surface area contributed by atoms with Gasteiger partial charge in [0.15, 0.2) is 5.16 Å². The Morgan fingerprint density at radius 2 is 1.57 bits per heavy atom. The minimum absolute atomic E-state index is 0.122. The Hall–Kier alpha value is -3.42. The number of nitrogens with zero attached hydrogens (tertiary/aromatic N) is 5. The van der Waals surface area contributed by atoms with Crippen molar-refractivity contribution in [1.82, 2.24) is 24.6 Å². The number of carbonyl (C=O) groups excluding carboxylic acids is 1. The number of amides is 1. The standard InChI is InChI=1S/C30H33N5OS/c1-3-33-17-19-34(20-18-33)29(36)26-15-9-8-14-25(26)22-37-30-32-31-28(21-24-12-5-4-6-13-24)35(30)27-16-10-7-11-23(27)2/h4-16H,3,17-22H2,1-2H3. The highest BCUT2D eigenvalue weighted by atomic mass is 32.2. The van der Waals surface area contributed by atoms with E-state index in [4.69, 9.17) is 0 Å². The van der Waals surface area contributed by atoms with E-state index in [1.54, 1.807) is 11.8 Å². The molecule has 0 bridgehead atoms. The summed E-state index contributed by atoms with van der Waals surface area (Å²) in [6.45, 7) is 8.74. The summed E-state index contributed by atoms with van der Waals surface area (Å²) < 4.78 is 2.17. The van der Waals surface area contributed by atoms with E-state index in [2.05, 4.69) is 88.1 Å². The van der Waals surface area contributed by atoms with Crippen molar-refractivity contribution in [2.24, 2.45) is 0 Å². The van der Waals surface area contributed by atoms with Crippen LogP contribution in [0.1, 0.15) is 39.8 Å². The molecule has 37 heavy (non-hydrogen) atoms. The van der Waals surface area contributed by atoms with Crippen LogP contribution in [0.5, 0.6) is 0 Å². The van der Waals surface area contributed by atoms with Gasteiger partial charge in [0.2, 0.25) is 0 Å². The summed E-state index contributed by atoms with van der Waals surface area (Å²) in [5.41, 5.74) is 5.26. The number of thioether (sulfide) groups is 1. The molecule has 0 spiro atoms. The first-order valence-corrected chi connectivity index (χ1v) is 13.9. The Balaban J connectivity index is 1.40. The highest BCUT2D eigenvalue weighted by molar-refractivity contribution is 7.98. The van der Waals surface area contributed by atoms with Crippen LogP contribution >= 0.6 is 11.8 Å². The summed E-state index contributed by atoms with van der Waals surface area (Å²) >= 11 is 1.63. The molecule has 6 nitrogen and oxygen atoms in total. The van der Waals surface area contributed by atoms with Crippen LogP contribution in [0.4, 0.5) is 0 Å². The molecular weight excluding hydrogens is 478 g/mol. The van der Waals surface area contributed by atoms with Crippen molar-refractivity contribution in [2.45, 2.75) is 31.2 Å². The second-order valence-corrected chi connectivity index (χ2v) is 10.3. The second kappa shape index (κ2) is 11.8. The molecule has 1 aliphatic rings. The molecular formula is C30H33N5OS. The van der Waals surface area contributed by atoms with Gasteiger partial charge in [0, 0.05) is 43.9 Å². The van der Waals surface area contributed by atoms with Crippen LogP contribution in [0, 0.1) is 6.92 Å². The monoisotopic (exact) mass is 511 g/mol. The molecule has 2 heterocycles. The van der Waals surface area contributed by atoms with Gasteiger partial charge in [0.05, 0.1) is 5.69 Å². The Labute approximate surface area is 223 Å². The number of hydrogen-bond donors (Lipinski definition) is 0. The van der Waals surface area contributed by atoms with Gasteiger partial charge in [-0.3, -0.25) is 9.36 Å². The van der Waals surface area contributed by atoms with Crippen molar-refractivity contribution < 1.29 is 4.79 Å². The van der Waals surface area contributed by atoms with Crippen molar-refractivity contribution in [1.29, 1.82) is 0 Å². The number of aromatic nitrogens is 3. The Bertz CT molecular complexity index is 1350. The fourth-order valence-electron chi connectivity index (χ4n) is 4.78. The lowest BCUT2D eigenvalue weighted by atomic mass is 10.1. The quantitative estimate of drug-likeness (QED) is 0.303. The molecule has 0 saturated carbocycles. The molecule has 5 rings (SSSR count). The zero-order valence-corrected chi connectivity index (χ0v) is 22.3. The molecule has 4 aromatic rings. The molecule has 0 aliphatic carbocycles. The highest BCUT2D eigenvalue weighted by Crippen LogP contribution is 2.29. The molecule has 1 amide bonds. The van der Waals surface area contributed by atoms with Gasteiger partial charge in [-0.2, -0.15) is 0 Å². The number of likely N-dealkylation sites (N-methyl/N-ethyl adjacent to an activating group) is 1. The minimum atomic E-state index is 0.122. The molecule has 0 N–H and O–H groups in total. The number of carbonyl (C=O) groups is 1. The van der Waals surface area contributed by atoms with E-state index in [-0.39, 0.29) is 5.91 Å². The number of aryl methyl sites for hydroxylation is 1. The maximum Gasteiger partial charge on any atom is 0.254 e. The summed E-state index contributed by atoms with van der Waals surface area (Å²) in [6.07, 6.45) is 0.696. The van der Waals surface area contributed by atoms with E-state index in [1.165, 1.54) is 11.1 Å². The summed E-state index contributed by atoms with van der Waals surface area (Å²) in [6, 6.07) is 26.7. The molecule has 0 radical (unpaired) electrons. The first-order valence-electron chi connectivity index (χ1n) is 12.9. The Morgan fingerprint density at radius 3 is 2.32 bits per heavy atom. The number of benzene rings is 3. The largest absolute Gasteiger partial charge is 0.336 e. The Kier molecular flexibility index (Phi) is 8.02. The average molecular weight is 512 g/mol. The number of piperazine rings is 1. The maximum absolute atomic E-state index is 13.4. The maximum atomic E-state index is 13.4. The third kappa shape index (κ3) is 5.78. The van der Waals surface area contributed by atoms with E-state index in [0.29, 0.717) is 12.2 Å². The first-order chi connectivity index (χ1) is 18.1. The van der Waals surface area contributed by atoms with Gasteiger partial charge >= 0.3 is 0 Å². The topological polar surface area (TPSA) is 54.3 Å². The van der Waals surface area contributed by atoms with Gasteiger partial charge in [0.1, 0.15) is 5.82 Å². The zero-order valence-electron chi connectivity index (χ0n) is 21.5. The Morgan fingerprint density at radius 1 is 0.865 bits per heavy atom. The molecule has 1 aromatic heterocycles. The van der Waals surface area contributed by atoms with Crippen LogP contribution in [0.2, 0.25) is 0 Å². The second-order valence-electron chi connectivity index (χ2n) is 9.36. The molecule has 0 atom stereocenters. The average Bonchev–Trinajstić information content (AvgIpc) is 3.34. The first kappa shape index (κ1) is 25.2. The summed E-state index contributed by atoms with van der Waals surface area (Å²) in [5, 5.41) is 10.0. The highest BCUT2D eigenvalue weighted by Gasteiger charge is 2.24. The molecule has 190 valence electrons. The predicted molar refractivity (Wildman–Crippen MR) is 149 cm³/mol. The van der Waals surface area contributed by atoms with Crippen molar-refractivity contribution in [3.8, 4) is 5.69 Å². The third-order valence-electron chi connectivity index (χ3n) is 6.97. The summed E-state index contributed by atoms with van der Waals surface area (Å²) in [7, 11) is 0. The van der Waals surface area contributed by atoms with E-state index in [0.717, 1.165) is 60.5 Å². The number of para-hydroxylation sites is 1. The molecule has 1 aliphatic heterocycles. The van der Waals surface area contributed by atoms with Gasteiger partial charge in [0.25, 0.3) is 5.91 Å². The smallest absolute Gasteiger partial charge is 0.254 e. The lowest BCUT2D eigenvalue weighted by Gasteiger charge is -2.34. The van der Waals surface area contributed by atoms with Crippen LogP contribution < -0.4 is 0 Å². The van der Waals surface area contributed by atoms with Gasteiger partial charge < -0.3 is 9.80 Å². The fraction of sp³-hybridized carbons (Fsp3) is 0.300. The van der Waals surface area contributed by atoms with Crippen LogP contribution in [-0.2, 0) is 12.2 Å². The minimum Gasteiger partial charge on any atom is -0.336 e. The molecule has 0 unspecified atom stereocenters. The van der Waals surface area contributed by atoms with Gasteiger partial charge in [-0.1, -0.05) is 85.4 Å². The fourth-order valence-corrected chi connectivity index (χ4v) is 5.75. The molecule has 7 heteroatoms. The van der Waals surface area contributed by atoms with Crippen molar-refractivity contribution in [3.05, 3.63) is 107 Å². The van der Waals surface area contributed by atoms with Crippen molar-refractivity contribution >= 4 is 17.7 Å². The lowest BCUT2D eigenvalue weighted by Crippen LogP contribution is -2.48. The van der Waals surface area contributed by atoms with Crippen LogP contribution in [0.15, 0.2) is 84.0 Å². The van der Waals surface area contributed by atoms with Crippen LogP contribution in [-0.4, -0.2) is 63.2 Å². The molecule has 1 saturated heterocycles. The summed E-state index contributed by atoms with van der Waals surface area (Å²) in [4.78, 5) is 17.8. The van der Waals surface area contributed by atoms with Crippen LogP contribution in [0.25, 0.3) is 5.69 Å². The molecule has 1 fully saturated rings. The van der Waals surface area contributed by atoms with E-state index in [1.807, 2.05) is 29.2 Å². The van der Waals surface area contributed by atoms with Crippen molar-refractivity contribution in [3.63, 3.8) is 0 Å². The van der Waals surface area contributed by atoms with E-state index >= 15 is 0 Å². The van der Waals surface area contributed by atoms with Crippen LogP contribution in [0.3, 0.4) is 0 Å². The predicted octanol–water partition coefficient (Wildman–Crippen LogP) is 5.24. The van der Waals surface area contributed by atoms with E-state index in [9.17, 15) is 4.79 Å². The number of rotatable bonds is 8. The lowest BCUT2D eigenvalue weighted by molar-refractivity contribution is 0.0642. The van der Waals surface area contributed by atoms with E-state index < -0.39 is 0 Å². The number of hydrogen-bond acceptors (Lipinski definition) is 5. The van der Waals surface area contributed by atoms with Gasteiger partial charge in [-0.15, -0.1) is 10.2 Å². The normalized spacial score (nSPS) is 14.2. The zero-order chi connectivity index (χ0) is 25.6. The molecule has 3 aromatic carbocycles. The third-order valence-corrected chi connectivity index (χ3v) is 7.95. The van der Waals surface area contributed by atoms with Crippen molar-refractivity contribution in [2.75, 3.05) is 32.7 Å². The SMILES string of the molecule is CCN1CCN(C(=O)c2ccccc2CSc2nnc(Cc3ccccc3)n2-c2ccccc2C)CC1. The summed E-state index contributed by atoms with van der Waals surface area (Å²) in [5.74, 6) is 1.67. The van der Waals surface area contributed by atoms with Gasteiger partial charge in [-0.25, -0.2) is 0 Å².